The molecular formula is C14H15ClN2O2. The second-order valence-corrected chi connectivity index (χ2v) is 5.51. The fourth-order valence-corrected chi connectivity index (χ4v) is 2.80. The summed E-state index contributed by atoms with van der Waals surface area (Å²) in [5, 5.41) is 4.44. The first-order valence-electron chi connectivity index (χ1n) is 6.43. The Kier molecular flexibility index (Phi) is 3.19. The molecule has 0 saturated carbocycles. The van der Waals surface area contributed by atoms with Crippen LogP contribution in [0.4, 0.5) is 0 Å². The quantitative estimate of drug-likeness (QED) is 0.793. The summed E-state index contributed by atoms with van der Waals surface area (Å²) in [6.07, 6.45) is 4.33. The van der Waals surface area contributed by atoms with Crippen LogP contribution in [0.5, 0.6) is 0 Å². The van der Waals surface area contributed by atoms with E-state index in [0.717, 1.165) is 19.3 Å². The zero-order valence-corrected chi connectivity index (χ0v) is 11.3. The van der Waals surface area contributed by atoms with Crippen LogP contribution in [0.1, 0.15) is 29.6 Å². The van der Waals surface area contributed by atoms with E-state index in [0.29, 0.717) is 23.7 Å². The van der Waals surface area contributed by atoms with Crippen molar-refractivity contribution in [1.29, 1.82) is 0 Å². The van der Waals surface area contributed by atoms with Crippen molar-refractivity contribution in [2.45, 2.75) is 24.9 Å². The van der Waals surface area contributed by atoms with Crippen molar-refractivity contribution in [3.05, 3.63) is 34.9 Å². The van der Waals surface area contributed by atoms with Gasteiger partial charge < -0.3 is 9.74 Å². The number of hydrogen-bond acceptors (Lipinski definition) is 3. The van der Waals surface area contributed by atoms with Crippen LogP contribution in [-0.2, 0) is 4.84 Å². The molecule has 1 aromatic carbocycles. The highest BCUT2D eigenvalue weighted by molar-refractivity contribution is 6.30. The van der Waals surface area contributed by atoms with E-state index in [1.807, 2.05) is 11.1 Å². The Balaban J connectivity index is 1.66. The van der Waals surface area contributed by atoms with E-state index in [4.69, 9.17) is 16.4 Å². The van der Waals surface area contributed by atoms with Crippen molar-refractivity contribution >= 4 is 23.7 Å². The van der Waals surface area contributed by atoms with Crippen molar-refractivity contribution in [2.75, 3.05) is 13.1 Å². The first kappa shape index (κ1) is 12.5. The van der Waals surface area contributed by atoms with Crippen LogP contribution in [-0.4, -0.2) is 35.7 Å². The van der Waals surface area contributed by atoms with Crippen LogP contribution < -0.4 is 0 Å². The van der Waals surface area contributed by atoms with Crippen LogP contribution >= 0.6 is 11.6 Å². The predicted octanol–water partition coefficient (Wildman–Crippen LogP) is 2.72. The van der Waals surface area contributed by atoms with Crippen molar-refractivity contribution in [2.24, 2.45) is 5.16 Å². The normalized spacial score (nSPS) is 20.6. The predicted molar refractivity (Wildman–Crippen MR) is 73.5 cm³/mol. The van der Waals surface area contributed by atoms with Gasteiger partial charge in [-0.1, -0.05) is 22.8 Å². The van der Waals surface area contributed by atoms with Gasteiger partial charge in [-0.25, -0.2) is 0 Å². The third-order valence-corrected chi connectivity index (χ3v) is 4.05. The lowest BCUT2D eigenvalue weighted by Gasteiger charge is -2.37. The summed E-state index contributed by atoms with van der Waals surface area (Å²) in [6, 6.07) is 7.08. The Morgan fingerprint density at radius 1 is 1.37 bits per heavy atom. The number of hydrogen-bond donors (Lipinski definition) is 0. The number of carbonyl (C=O) groups is 1. The van der Waals surface area contributed by atoms with E-state index in [-0.39, 0.29) is 11.5 Å². The molecule has 1 spiro atoms. The molecule has 1 aromatic rings. The molecule has 0 radical (unpaired) electrons. The molecule has 1 fully saturated rings. The number of rotatable bonds is 1. The van der Waals surface area contributed by atoms with Gasteiger partial charge in [0.05, 0.1) is 0 Å². The molecule has 0 bridgehead atoms. The van der Waals surface area contributed by atoms with Gasteiger partial charge >= 0.3 is 0 Å². The lowest BCUT2D eigenvalue weighted by atomic mass is 9.89. The lowest BCUT2D eigenvalue weighted by Crippen LogP contribution is -2.46. The molecule has 2 heterocycles. The SMILES string of the molecule is O=C(c1cccc(Cl)c1)N1CCC2(CC=NO2)CC1. The number of likely N-dealkylation sites (tertiary alicyclic amines) is 1. The van der Waals surface area contributed by atoms with Gasteiger partial charge in [-0.15, -0.1) is 0 Å². The van der Waals surface area contributed by atoms with Crippen molar-refractivity contribution in [3.8, 4) is 0 Å². The summed E-state index contributed by atoms with van der Waals surface area (Å²) in [5.41, 5.74) is 0.484. The van der Waals surface area contributed by atoms with E-state index in [2.05, 4.69) is 5.16 Å². The minimum Gasteiger partial charge on any atom is -0.389 e. The molecule has 1 amide bonds. The maximum Gasteiger partial charge on any atom is 0.253 e. The number of amides is 1. The summed E-state index contributed by atoms with van der Waals surface area (Å²) >= 11 is 5.92. The number of carbonyl (C=O) groups excluding carboxylic acids is 1. The van der Waals surface area contributed by atoms with Crippen molar-refractivity contribution in [3.63, 3.8) is 0 Å². The molecule has 0 atom stereocenters. The number of piperidine rings is 1. The Hall–Kier alpha value is -1.55. The van der Waals surface area contributed by atoms with E-state index in [9.17, 15) is 4.79 Å². The monoisotopic (exact) mass is 278 g/mol. The maximum absolute atomic E-state index is 12.4. The smallest absolute Gasteiger partial charge is 0.253 e. The van der Waals surface area contributed by atoms with Gasteiger partial charge in [0.15, 0.2) is 0 Å². The van der Waals surface area contributed by atoms with Crippen molar-refractivity contribution < 1.29 is 9.63 Å². The molecule has 19 heavy (non-hydrogen) atoms. The van der Waals surface area contributed by atoms with Crippen LogP contribution in [0.25, 0.3) is 0 Å². The summed E-state index contributed by atoms with van der Waals surface area (Å²) in [7, 11) is 0. The average Bonchev–Trinajstić information content (AvgIpc) is 2.87. The molecule has 3 rings (SSSR count). The number of halogens is 1. The maximum atomic E-state index is 12.4. The molecule has 2 aliphatic rings. The molecule has 5 heteroatoms. The number of oxime groups is 1. The molecule has 2 aliphatic heterocycles. The summed E-state index contributed by atoms with van der Waals surface area (Å²) in [6.45, 7) is 1.41. The molecule has 0 unspecified atom stereocenters. The Morgan fingerprint density at radius 2 is 2.16 bits per heavy atom. The highest BCUT2D eigenvalue weighted by atomic mass is 35.5. The molecule has 0 aromatic heterocycles. The molecule has 0 N–H and O–H groups in total. The molecule has 4 nitrogen and oxygen atoms in total. The first-order valence-corrected chi connectivity index (χ1v) is 6.81. The van der Waals surface area contributed by atoms with Gasteiger partial charge in [0.2, 0.25) is 0 Å². The van der Waals surface area contributed by atoms with E-state index in [1.165, 1.54) is 0 Å². The standard InChI is InChI=1S/C14H15ClN2O2/c15-12-3-1-2-11(10-12)13(18)17-8-5-14(6-9-17)4-7-16-19-14/h1-3,7,10H,4-6,8-9H2. The van der Waals surface area contributed by atoms with Gasteiger partial charge in [-0.3, -0.25) is 4.79 Å². The van der Waals surface area contributed by atoms with Gasteiger partial charge in [-0.2, -0.15) is 0 Å². The number of nitrogens with zero attached hydrogens (tertiary/aromatic N) is 2. The average molecular weight is 279 g/mol. The minimum atomic E-state index is -0.162. The zero-order chi connectivity index (χ0) is 13.3. The lowest BCUT2D eigenvalue weighted by molar-refractivity contribution is -0.0568. The summed E-state index contributed by atoms with van der Waals surface area (Å²) in [5.74, 6) is 0.0382. The molecule has 0 aliphatic carbocycles. The Morgan fingerprint density at radius 3 is 2.79 bits per heavy atom. The zero-order valence-electron chi connectivity index (χ0n) is 10.5. The van der Waals surface area contributed by atoms with Gasteiger partial charge in [0.1, 0.15) is 5.60 Å². The largest absolute Gasteiger partial charge is 0.389 e. The molecule has 100 valence electrons. The van der Waals surface area contributed by atoms with E-state index < -0.39 is 0 Å². The molecule has 1 saturated heterocycles. The van der Waals surface area contributed by atoms with Gasteiger partial charge in [0, 0.05) is 49.2 Å². The van der Waals surface area contributed by atoms with Gasteiger partial charge in [0.25, 0.3) is 5.91 Å². The van der Waals surface area contributed by atoms with E-state index in [1.54, 1.807) is 24.3 Å². The first-order chi connectivity index (χ1) is 9.19. The topological polar surface area (TPSA) is 41.9 Å². The molecular weight excluding hydrogens is 264 g/mol. The Bertz CT molecular complexity index is 512. The van der Waals surface area contributed by atoms with Crippen molar-refractivity contribution in [1.82, 2.24) is 4.90 Å². The highest BCUT2D eigenvalue weighted by Gasteiger charge is 2.39. The third kappa shape index (κ3) is 2.45. The van der Waals surface area contributed by atoms with Crippen LogP contribution in [0, 0.1) is 0 Å². The Labute approximate surface area is 117 Å². The fourth-order valence-electron chi connectivity index (χ4n) is 2.61. The highest BCUT2D eigenvalue weighted by Crippen LogP contribution is 2.32. The van der Waals surface area contributed by atoms with Crippen LogP contribution in [0.3, 0.4) is 0 Å². The second-order valence-electron chi connectivity index (χ2n) is 5.07. The third-order valence-electron chi connectivity index (χ3n) is 3.82. The minimum absolute atomic E-state index is 0.0382. The fraction of sp³-hybridized carbons (Fsp3) is 0.429. The number of benzene rings is 1. The van der Waals surface area contributed by atoms with E-state index >= 15 is 0 Å². The summed E-state index contributed by atoms with van der Waals surface area (Å²) in [4.78, 5) is 19.7. The summed E-state index contributed by atoms with van der Waals surface area (Å²) < 4.78 is 0. The van der Waals surface area contributed by atoms with Crippen LogP contribution in [0.15, 0.2) is 29.4 Å². The van der Waals surface area contributed by atoms with Crippen LogP contribution in [0.2, 0.25) is 5.02 Å². The van der Waals surface area contributed by atoms with Gasteiger partial charge in [-0.05, 0) is 18.2 Å². The second kappa shape index (κ2) is 4.85.